The number of aliphatic hydroxyl groups excluding tert-OH is 1. The number of carbonyl (C=O) groups is 2. The molecular weight excluding hydrogens is 456 g/mol. The van der Waals surface area contributed by atoms with E-state index in [0.717, 1.165) is 11.3 Å². The minimum atomic E-state index is -0.892. The molecule has 0 fully saturated rings. The zero-order valence-corrected chi connectivity index (χ0v) is 20.0. The normalized spacial score (nSPS) is 15.7. The third-order valence-electron chi connectivity index (χ3n) is 6.22. The van der Waals surface area contributed by atoms with Crippen LogP contribution in [0.4, 0.5) is 5.82 Å². The van der Waals surface area contributed by atoms with Gasteiger partial charge in [-0.05, 0) is 48.2 Å². The van der Waals surface area contributed by atoms with Crippen molar-refractivity contribution in [3.63, 3.8) is 0 Å². The first kappa shape index (κ1) is 23.1. The second-order valence-electron chi connectivity index (χ2n) is 8.91. The van der Waals surface area contributed by atoms with Crippen LogP contribution in [0.25, 0.3) is 5.69 Å². The second-order valence-corrected chi connectivity index (χ2v) is 8.91. The molecule has 2 aromatic heterocycles. The van der Waals surface area contributed by atoms with E-state index in [4.69, 9.17) is 0 Å². The maximum atomic E-state index is 13.7. The number of aliphatic hydroxyl groups is 1. The van der Waals surface area contributed by atoms with E-state index in [9.17, 15) is 14.7 Å². The van der Waals surface area contributed by atoms with Crippen molar-refractivity contribution < 1.29 is 14.7 Å². The van der Waals surface area contributed by atoms with Crippen molar-refractivity contribution in [1.82, 2.24) is 25.0 Å². The average molecular weight is 481 g/mol. The highest BCUT2D eigenvalue weighted by atomic mass is 16.3. The van der Waals surface area contributed by atoms with Gasteiger partial charge in [-0.15, -0.1) is 5.10 Å². The first-order valence-electron chi connectivity index (χ1n) is 11.5. The molecular formula is C27H24N6O3. The first-order chi connectivity index (χ1) is 17.3. The molecule has 1 aliphatic heterocycles. The van der Waals surface area contributed by atoms with Crippen LogP contribution < -0.4 is 4.90 Å². The Kier molecular flexibility index (Phi) is 5.89. The maximum Gasteiger partial charge on any atom is 0.295 e. The van der Waals surface area contributed by atoms with Crippen LogP contribution in [-0.2, 0) is 4.79 Å². The van der Waals surface area contributed by atoms with Crippen molar-refractivity contribution in [3.8, 4) is 5.69 Å². The first-order valence-corrected chi connectivity index (χ1v) is 11.5. The van der Waals surface area contributed by atoms with Gasteiger partial charge >= 0.3 is 0 Å². The molecule has 5 rings (SSSR count). The van der Waals surface area contributed by atoms with E-state index in [1.165, 1.54) is 11.2 Å². The molecule has 9 nitrogen and oxygen atoms in total. The Morgan fingerprint density at radius 2 is 1.69 bits per heavy atom. The molecule has 1 unspecified atom stereocenters. The fraction of sp³-hybridized carbons (Fsp3) is 0.185. The third kappa shape index (κ3) is 4.04. The van der Waals surface area contributed by atoms with Crippen LogP contribution in [0.15, 0.2) is 84.7 Å². The number of carbonyl (C=O) groups excluding carboxylic acids is 2. The fourth-order valence-corrected chi connectivity index (χ4v) is 4.24. The number of anilines is 1. The van der Waals surface area contributed by atoms with E-state index in [1.807, 2.05) is 24.3 Å². The van der Waals surface area contributed by atoms with Gasteiger partial charge in [0.05, 0.1) is 23.0 Å². The predicted molar refractivity (Wildman–Crippen MR) is 133 cm³/mol. The Labute approximate surface area is 207 Å². The van der Waals surface area contributed by atoms with Crippen LogP contribution in [0, 0.1) is 6.92 Å². The van der Waals surface area contributed by atoms with Crippen molar-refractivity contribution in [1.29, 1.82) is 0 Å². The van der Waals surface area contributed by atoms with E-state index in [-0.39, 0.29) is 11.4 Å². The van der Waals surface area contributed by atoms with Gasteiger partial charge in [0.15, 0.2) is 17.4 Å². The van der Waals surface area contributed by atoms with Crippen LogP contribution in [0.5, 0.6) is 0 Å². The Hall–Kier alpha value is -4.66. The van der Waals surface area contributed by atoms with Crippen molar-refractivity contribution in [3.05, 3.63) is 107 Å². The molecule has 180 valence electrons. The minimum Gasteiger partial charge on any atom is -0.503 e. The number of ketones is 1. The predicted octanol–water partition coefficient (Wildman–Crippen LogP) is 4.27. The van der Waals surface area contributed by atoms with E-state index >= 15 is 0 Å². The van der Waals surface area contributed by atoms with Crippen molar-refractivity contribution in [2.45, 2.75) is 32.7 Å². The molecule has 3 heterocycles. The number of amides is 1. The molecule has 0 saturated carbocycles. The lowest BCUT2D eigenvalue weighted by Gasteiger charge is -2.25. The third-order valence-corrected chi connectivity index (χ3v) is 6.22. The monoisotopic (exact) mass is 480 g/mol. The number of aryl methyl sites for hydroxylation is 1. The van der Waals surface area contributed by atoms with E-state index in [2.05, 4.69) is 34.1 Å². The number of hydrogen-bond donors (Lipinski definition) is 1. The maximum absolute atomic E-state index is 13.7. The van der Waals surface area contributed by atoms with Gasteiger partial charge in [0.25, 0.3) is 5.91 Å². The molecule has 0 radical (unpaired) electrons. The molecule has 0 bridgehead atoms. The van der Waals surface area contributed by atoms with Crippen molar-refractivity contribution >= 4 is 17.5 Å². The largest absolute Gasteiger partial charge is 0.503 e. The van der Waals surface area contributed by atoms with Crippen LogP contribution in [-0.4, -0.2) is 41.8 Å². The Morgan fingerprint density at radius 3 is 2.28 bits per heavy atom. The zero-order valence-electron chi connectivity index (χ0n) is 20.0. The summed E-state index contributed by atoms with van der Waals surface area (Å²) in [5, 5.41) is 23.3. The van der Waals surface area contributed by atoms with Crippen LogP contribution in [0.1, 0.15) is 53.0 Å². The summed E-state index contributed by atoms with van der Waals surface area (Å²) < 4.78 is 1.60. The SMILES string of the molecule is Cc1ccc(N2C(=O)C(O)=C(C(=O)c3ccc(C(C)C)cc3)C2c2ccc(-n3cncn3)cc2)nn1. The van der Waals surface area contributed by atoms with Gasteiger partial charge in [0.2, 0.25) is 0 Å². The Morgan fingerprint density at radius 1 is 0.972 bits per heavy atom. The van der Waals surface area contributed by atoms with Gasteiger partial charge in [-0.2, -0.15) is 10.2 Å². The number of rotatable bonds is 6. The lowest BCUT2D eigenvalue weighted by molar-refractivity contribution is -0.117. The van der Waals surface area contributed by atoms with Gasteiger partial charge in [-0.1, -0.05) is 50.2 Å². The number of aromatic nitrogens is 5. The van der Waals surface area contributed by atoms with E-state index in [1.54, 1.807) is 54.3 Å². The molecule has 36 heavy (non-hydrogen) atoms. The van der Waals surface area contributed by atoms with Gasteiger partial charge in [0.1, 0.15) is 12.7 Å². The van der Waals surface area contributed by atoms with Crippen LogP contribution >= 0.6 is 0 Å². The zero-order chi connectivity index (χ0) is 25.4. The molecule has 1 aliphatic rings. The fourth-order valence-electron chi connectivity index (χ4n) is 4.24. The molecule has 1 N–H and O–H groups in total. The molecule has 0 aliphatic carbocycles. The quantitative estimate of drug-likeness (QED) is 0.410. The molecule has 0 spiro atoms. The number of nitrogens with zero attached hydrogens (tertiary/aromatic N) is 6. The van der Waals surface area contributed by atoms with Crippen LogP contribution in [0.3, 0.4) is 0 Å². The van der Waals surface area contributed by atoms with Gasteiger partial charge in [-0.25, -0.2) is 9.67 Å². The minimum absolute atomic E-state index is 0.00632. The molecule has 1 atom stereocenters. The number of hydrogen-bond acceptors (Lipinski definition) is 7. The molecule has 1 amide bonds. The summed E-state index contributed by atoms with van der Waals surface area (Å²) in [7, 11) is 0. The highest BCUT2D eigenvalue weighted by molar-refractivity contribution is 6.20. The smallest absolute Gasteiger partial charge is 0.295 e. The lowest BCUT2D eigenvalue weighted by Crippen LogP contribution is -2.32. The van der Waals surface area contributed by atoms with E-state index in [0.29, 0.717) is 22.7 Å². The van der Waals surface area contributed by atoms with Crippen molar-refractivity contribution in [2.75, 3.05) is 4.90 Å². The lowest BCUT2D eigenvalue weighted by atomic mass is 9.91. The van der Waals surface area contributed by atoms with Crippen LogP contribution in [0.2, 0.25) is 0 Å². The average Bonchev–Trinajstić information content (AvgIpc) is 3.52. The standard InChI is InChI=1S/C27H24N6O3/c1-16(2)18-5-7-20(8-6-18)25(34)23-24(19-9-11-21(12-10-19)32-15-28-14-29-32)33(27(36)26(23)35)22-13-4-17(3)30-31-22/h4-16,24,35H,1-3H3. The molecule has 4 aromatic rings. The molecule has 2 aromatic carbocycles. The summed E-state index contributed by atoms with van der Waals surface area (Å²) in [6, 6.07) is 16.9. The van der Waals surface area contributed by atoms with Gasteiger partial charge in [0, 0.05) is 5.56 Å². The van der Waals surface area contributed by atoms with E-state index < -0.39 is 23.5 Å². The number of benzene rings is 2. The summed E-state index contributed by atoms with van der Waals surface area (Å²) in [5.74, 6) is -1.19. The highest BCUT2D eigenvalue weighted by Gasteiger charge is 2.45. The summed E-state index contributed by atoms with van der Waals surface area (Å²) in [6.07, 6.45) is 3.01. The van der Waals surface area contributed by atoms with Gasteiger partial charge in [-0.3, -0.25) is 14.5 Å². The van der Waals surface area contributed by atoms with Crippen molar-refractivity contribution in [2.24, 2.45) is 0 Å². The Bertz CT molecular complexity index is 1440. The second kappa shape index (κ2) is 9.18. The summed E-state index contributed by atoms with van der Waals surface area (Å²) in [4.78, 5) is 32.3. The highest BCUT2D eigenvalue weighted by Crippen LogP contribution is 2.41. The molecule has 9 heteroatoms. The summed E-state index contributed by atoms with van der Waals surface area (Å²) in [5.41, 5.74) is 3.53. The van der Waals surface area contributed by atoms with Gasteiger partial charge < -0.3 is 5.11 Å². The summed E-state index contributed by atoms with van der Waals surface area (Å²) >= 11 is 0. The topological polar surface area (TPSA) is 114 Å². The number of Topliss-reactive ketones (excluding diaryl/α,β-unsaturated/α-hetero) is 1. The molecule has 0 saturated heterocycles. The summed E-state index contributed by atoms with van der Waals surface area (Å²) in [6.45, 7) is 5.93. The Balaban J connectivity index is 1.60.